The third kappa shape index (κ3) is 66.0. The van der Waals surface area contributed by atoms with E-state index in [0.717, 1.165) is 108 Å². The minimum Gasteiger partial charge on any atom is -0.462 e. The Labute approximate surface area is 575 Å². The Kier molecular flexibility index (Phi) is 63.1. The molecule has 7 atom stereocenters. The van der Waals surface area contributed by atoms with Gasteiger partial charge in [-0.05, 0) is 49.4 Å². The van der Waals surface area contributed by atoms with Crippen molar-refractivity contribution in [3.05, 3.63) is 0 Å². The summed E-state index contributed by atoms with van der Waals surface area (Å²) in [6.45, 7) is 14.1. The summed E-state index contributed by atoms with van der Waals surface area (Å²) in [6.07, 6.45) is 48.8. The quantitative estimate of drug-likeness (QED) is 0.0222. The second-order valence-corrected chi connectivity index (χ2v) is 31.4. The molecule has 0 rings (SSSR count). The van der Waals surface area contributed by atoms with E-state index in [0.29, 0.717) is 37.5 Å². The molecule has 0 aromatic rings. The van der Waals surface area contributed by atoms with Crippen LogP contribution in [-0.4, -0.2) is 96.7 Å². The lowest BCUT2D eigenvalue weighted by molar-refractivity contribution is -0.161. The molecule has 17 nitrogen and oxygen atoms in total. The lowest BCUT2D eigenvalue weighted by Gasteiger charge is -2.21. The van der Waals surface area contributed by atoms with E-state index in [9.17, 15) is 43.2 Å². The monoisotopic (exact) mass is 1380 g/mol. The number of carbonyl (C=O) groups is 4. The molecule has 3 N–H and O–H groups in total. The second-order valence-electron chi connectivity index (χ2n) is 28.5. The highest BCUT2D eigenvalue weighted by Crippen LogP contribution is 2.45. The van der Waals surface area contributed by atoms with Gasteiger partial charge in [-0.3, -0.25) is 37.3 Å². The molecular formula is C75H146O17P2. The maximum absolute atomic E-state index is 13.1. The number of aliphatic hydroxyl groups is 1. The first-order chi connectivity index (χ1) is 45.2. The summed E-state index contributed by atoms with van der Waals surface area (Å²) in [5, 5.41) is 10.6. The first-order valence-electron chi connectivity index (χ1n) is 38.8. The second kappa shape index (κ2) is 64.4. The largest absolute Gasteiger partial charge is 0.472 e. The van der Waals surface area contributed by atoms with Crippen molar-refractivity contribution in [2.45, 2.75) is 395 Å². The van der Waals surface area contributed by atoms with Crippen LogP contribution in [0.25, 0.3) is 0 Å². The molecular weight excluding hydrogens is 1230 g/mol. The Bertz CT molecular complexity index is 1850. The van der Waals surface area contributed by atoms with Gasteiger partial charge in [-0.25, -0.2) is 9.13 Å². The summed E-state index contributed by atoms with van der Waals surface area (Å²) in [6, 6.07) is 0. The molecule has 0 aliphatic rings. The van der Waals surface area contributed by atoms with Crippen molar-refractivity contribution in [3.63, 3.8) is 0 Å². The number of ether oxygens (including phenoxy) is 4. The molecule has 0 spiro atoms. The summed E-state index contributed by atoms with van der Waals surface area (Å²) in [5.41, 5.74) is 0. The molecule has 0 amide bonds. The van der Waals surface area contributed by atoms with Gasteiger partial charge in [0.05, 0.1) is 26.4 Å². The van der Waals surface area contributed by atoms with Crippen molar-refractivity contribution in [2.24, 2.45) is 23.7 Å². The van der Waals surface area contributed by atoms with Gasteiger partial charge in [0.1, 0.15) is 19.3 Å². The zero-order valence-electron chi connectivity index (χ0n) is 61.6. The highest BCUT2D eigenvalue weighted by Gasteiger charge is 2.30. The predicted molar refractivity (Wildman–Crippen MR) is 381 cm³/mol. The van der Waals surface area contributed by atoms with Crippen molar-refractivity contribution in [1.82, 2.24) is 0 Å². The molecule has 19 heteroatoms. The topological polar surface area (TPSA) is 237 Å². The van der Waals surface area contributed by atoms with Gasteiger partial charge in [-0.1, -0.05) is 325 Å². The first kappa shape index (κ1) is 92.1. The van der Waals surface area contributed by atoms with Crippen molar-refractivity contribution >= 4 is 39.5 Å². The molecule has 558 valence electrons. The molecule has 0 radical (unpaired) electrons. The fourth-order valence-electron chi connectivity index (χ4n) is 11.3. The van der Waals surface area contributed by atoms with Crippen LogP contribution in [0.1, 0.15) is 376 Å². The highest BCUT2D eigenvalue weighted by molar-refractivity contribution is 7.47. The van der Waals surface area contributed by atoms with Gasteiger partial charge < -0.3 is 33.8 Å². The normalized spacial score (nSPS) is 14.7. The van der Waals surface area contributed by atoms with Gasteiger partial charge in [-0.15, -0.1) is 0 Å². The van der Waals surface area contributed by atoms with Crippen LogP contribution in [0.2, 0.25) is 0 Å². The molecule has 0 aliphatic carbocycles. The lowest BCUT2D eigenvalue weighted by Crippen LogP contribution is -2.30. The smallest absolute Gasteiger partial charge is 0.462 e. The van der Waals surface area contributed by atoms with Gasteiger partial charge in [0.15, 0.2) is 12.2 Å². The molecule has 0 heterocycles. The number of hydrogen-bond donors (Lipinski definition) is 3. The first-order valence-corrected chi connectivity index (χ1v) is 41.8. The highest BCUT2D eigenvalue weighted by atomic mass is 31.2. The van der Waals surface area contributed by atoms with Crippen molar-refractivity contribution in [3.8, 4) is 0 Å². The summed E-state index contributed by atoms with van der Waals surface area (Å²) in [7, 11) is -9.91. The Morgan fingerprint density at radius 1 is 0.298 bits per heavy atom. The van der Waals surface area contributed by atoms with Crippen molar-refractivity contribution in [2.75, 3.05) is 39.6 Å². The summed E-state index contributed by atoms with van der Waals surface area (Å²) >= 11 is 0. The molecule has 0 fully saturated rings. The van der Waals surface area contributed by atoms with Crippen LogP contribution in [0.4, 0.5) is 0 Å². The van der Waals surface area contributed by atoms with Crippen molar-refractivity contribution in [1.29, 1.82) is 0 Å². The Morgan fingerprint density at radius 3 is 0.755 bits per heavy atom. The number of rotatable bonds is 72. The zero-order valence-corrected chi connectivity index (χ0v) is 63.4. The molecule has 94 heavy (non-hydrogen) atoms. The van der Waals surface area contributed by atoms with E-state index in [2.05, 4.69) is 55.4 Å². The van der Waals surface area contributed by atoms with E-state index in [4.69, 9.17) is 37.0 Å². The Hall–Kier alpha value is -1.94. The molecule has 5 unspecified atom stereocenters. The minimum atomic E-state index is -4.96. The molecule has 0 aromatic heterocycles. The molecule has 0 aromatic carbocycles. The number of aliphatic hydroxyl groups excluding tert-OH is 1. The van der Waals surface area contributed by atoms with Crippen LogP contribution < -0.4 is 0 Å². The maximum Gasteiger partial charge on any atom is 0.472 e. The van der Waals surface area contributed by atoms with Crippen LogP contribution >= 0.6 is 15.6 Å². The number of unbranched alkanes of at least 4 members (excludes halogenated alkanes) is 36. The Balaban J connectivity index is 5.16. The predicted octanol–water partition coefficient (Wildman–Crippen LogP) is 21.7. The molecule has 0 aliphatic heterocycles. The SMILES string of the molecule is CCC(C)CCCCCCCCCCCCCCCCCCCCC(=O)O[C@H](COC(=O)CCCCCCCCCC(C)C)COP(=O)(O)OCC(O)COP(=O)(O)OC[C@@H](COC(=O)CCCCCCCCCCC(C)CC)OC(=O)CCCCCCCCCC(C)C. The van der Waals surface area contributed by atoms with E-state index in [1.54, 1.807) is 0 Å². The molecule has 0 saturated heterocycles. The minimum absolute atomic E-state index is 0.103. The number of carbonyl (C=O) groups excluding carboxylic acids is 4. The fraction of sp³-hybridized carbons (Fsp3) is 0.947. The molecule has 0 saturated carbocycles. The standard InChI is InChI=1S/C75H146O17P2/c1-9-67(7)53-45-37-29-21-19-17-15-13-11-12-14-16-18-20-22-32-41-49-57-74(79)91-70(62-86-73(78)56-48-40-33-25-27-35-43-51-65(3)4)63-89-93(81,82)87-59-69(76)60-88-94(83,84)90-64-71(92-75(80)58-50-42-34-26-28-36-44-52-66(5)6)61-85-72(77)55-47-39-31-24-23-30-38-46-54-68(8)10-2/h65-71,76H,9-64H2,1-8H3,(H,81,82)(H,83,84)/t67?,68?,69?,70-,71-/m1/s1. The van der Waals surface area contributed by atoms with Crippen LogP contribution in [0.3, 0.4) is 0 Å². The number of phosphoric ester groups is 2. The van der Waals surface area contributed by atoms with Gasteiger partial charge in [0.25, 0.3) is 0 Å². The zero-order chi connectivity index (χ0) is 69.6. The van der Waals surface area contributed by atoms with E-state index >= 15 is 0 Å². The fourth-order valence-corrected chi connectivity index (χ4v) is 12.9. The molecule has 0 bridgehead atoms. The summed E-state index contributed by atoms with van der Waals surface area (Å²) in [4.78, 5) is 72.7. The van der Waals surface area contributed by atoms with E-state index in [1.165, 1.54) is 173 Å². The third-order valence-electron chi connectivity index (χ3n) is 18.0. The van der Waals surface area contributed by atoms with Crippen molar-refractivity contribution < 1.29 is 80.2 Å². The van der Waals surface area contributed by atoms with E-state index in [-0.39, 0.29) is 25.7 Å². The summed E-state index contributed by atoms with van der Waals surface area (Å²) in [5.74, 6) is 0.922. The van der Waals surface area contributed by atoms with E-state index < -0.39 is 97.5 Å². The maximum atomic E-state index is 13.1. The van der Waals surface area contributed by atoms with E-state index in [1.807, 2.05) is 0 Å². The number of hydrogen-bond acceptors (Lipinski definition) is 15. The van der Waals surface area contributed by atoms with Gasteiger partial charge in [0.2, 0.25) is 0 Å². The van der Waals surface area contributed by atoms with Crippen LogP contribution in [0.15, 0.2) is 0 Å². The lowest BCUT2D eigenvalue weighted by atomic mass is 9.99. The average molecular weight is 1380 g/mol. The van der Waals surface area contributed by atoms with Crippen LogP contribution in [0.5, 0.6) is 0 Å². The van der Waals surface area contributed by atoms with Gasteiger partial charge in [0, 0.05) is 25.7 Å². The third-order valence-corrected chi connectivity index (χ3v) is 19.9. The summed E-state index contributed by atoms with van der Waals surface area (Å²) < 4.78 is 68.4. The number of esters is 4. The van der Waals surface area contributed by atoms with Crippen LogP contribution in [-0.2, 0) is 65.4 Å². The van der Waals surface area contributed by atoms with Gasteiger partial charge >= 0.3 is 39.5 Å². The number of phosphoric acid groups is 2. The Morgan fingerprint density at radius 2 is 0.511 bits per heavy atom. The van der Waals surface area contributed by atoms with Gasteiger partial charge in [-0.2, -0.15) is 0 Å². The van der Waals surface area contributed by atoms with Crippen LogP contribution in [0, 0.1) is 23.7 Å². The average Bonchev–Trinajstić information content (AvgIpc) is 2.85.